The molecule has 1 heterocycles. The lowest BCUT2D eigenvalue weighted by molar-refractivity contribution is -0.145. The van der Waals surface area contributed by atoms with Crippen molar-refractivity contribution in [2.45, 2.75) is 26.4 Å². The van der Waals surface area contributed by atoms with Gasteiger partial charge in [-0.1, -0.05) is 18.1 Å². The van der Waals surface area contributed by atoms with Gasteiger partial charge < -0.3 is 14.0 Å². The summed E-state index contributed by atoms with van der Waals surface area (Å²) in [6.45, 7) is 5.20. The largest absolute Gasteiger partial charge is 0.694 e. The van der Waals surface area contributed by atoms with Gasteiger partial charge in [0.15, 0.2) is 0 Å². The van der Waals surface area contributed by atoms with E-state index < -0.39 is 30.8 Å². The highest BCUT2D eigenvalue weighted by atomic mass is 16.6. The molecule has 1 aromatic rings. The van der Waals surface area contributed by atoms with Crippen molar-refractivity contribution in [3.8, 4) is 11.7 Å². The van der Waals surface area contributed by atoms with E-state index in [4.69, 9.17) is 14.0 Å². The van der Waals surface area contributed by atoms with E-state index in [-0.39, 0.29) is 13.1 Å². The fraction of sp³-hybridized carbons (Fsp3) is 0.389. The third kappa shape index (κ3) is 7.03. The van der Waals surface area contributed by atoms with Crippen LogP contribution in [0.2, 0.25) is 0 Å². The average Bonchev–Trinajstić information content (AvgIpc) is 2.50. The summed E-state index contributed by atoms with van der Waals surface area (Å²) >= 11 is 0. The van der Waals surface area contributed by atoms with Gasteiger partial charge in [-0.2, -0.15) is 0 Å². The molecule has 1 saturated heterocycles. The number of hydrogen-bond acceptors (Lipinski definition) is 7. The van der Waals surface area contributed by atoms with E-state index in [0.717, 1.165) is 0 Å². The van der Waals surface area contributed by atoms with Crippen LogP contribution in [0, 0.1) is 11.7 Å². The number of anilines is 1. The summed E-state index contributed by atoms with van der Waals surface area (Å²) in [6.07, 6.45) is -0.622. The summed E-state index contributed by atoms with van der Waals surface area (Å²) in [5, 5.41) is 2.61. The Balaban J connectivity index is 2.14. The smallest absolute Gasteiger partial charge is 0.487 e. The van der Waals surface area contributed by atoms with Crippen LogP contribution in [0.5, 0.6) is 0 Å². The number of hydrogen-bond donors (Lipinski definition) is 1. The monoisotopic (exact) mass is 372 g/mol. The van der Waals surface area contributed by atoms with E-state index in [1.54, 1.807) is 52.1 Å². The van der Waals surface area contributed by atoms with Crippen LogP contribution in [0.25, 0.3) is 0 Å². The first-order chi connectivity index (χ1) is 12.6. The van der Waals surface area contributed by atoms with Crippen molar-refractivity contribution in [2.24, 2.45) is 0 Å². The van der Waals surface area contributed by atoms with Crippen molar-refractivity contribution >= 4 is 30.8 Å². The second kappa shape index (κ2) is 8.60. The van der Waals surface area contributed by atoms with E-state index in [0.29, 0.717) is 11.3 Å². The van der Waals surface area contributed by atoms with Gasteiger partial charge in [0.05, 0.1) is 18.8 Å². The second-order valence-electron chi connectivity index (χ2n) is 6.93. The molecule has 0 radical (unpaired) electrons. The Morgan fingerprint density at radius 1 is 1.19 bits per heavy atom. The van der Waals surface area contributed by atoms with E-state index in [1.165, 1.54) is 4.90 Å². The van der Waals surface area contributed by atoms with Gasteiger partial charge in [0.1, 0.15) is 5.60 Å². The summed E-state index contributed by atoms with van der Waals surface area (Å²) in [4.78, 5) is 36.9. The Morgan fingerprint density at radius 3 is 2.37 bits per heavy atom. The van der Waals surface area contributed by atoms with E-state index >= 15 is 0 Å². The molecule has 0 saturated carbocycles. The number of nitrogens with zero attached hydrogens (tertiary/aromatic N) is 1. The predicted octanol–water partition coefficient (Wildman–Crippen LogP) is 1.44. The zero-order valence-electron chi connectivity index (χ0n) is 15.7. The summed E-state index contributed by atoms with van der Waals surface area (Å²) in [5.74, 6) is 4.26. The zero-order chi connectivity index (χ0) is 20.0. The number of amides is 1. The standard InChI is InChI=1S/C18H21BN2O6/c1-18(2,3)25-17(24)20-14-8-6-5-7-13(14)9-10-19-26-15(22)11-21(4)12-16(23)27-19/h5-8H,11-12H2,1-4H3,(H,20,24). The molecule has 8 nitrogen and oxygen atoms in total. The maximum Gasteiger partial charge on any atom is 0.694 e. The van der Waals surface area contributed by atoms with Crippen LogP contribution >= 0.6 is 0 Å². The zero-order valence-corrected chi connectivity index (χ0v) is 15.7. The van der Waals surface area contributed by atoms with Crippen LogP contribution in [0.15, 0.2) is 24.3 Å². The van der Waals surface area contributed by atoms with Gasteiger partial charge >= 0.3 is 25.2 Å². The minimum absolute atomic E-state index is 0.0376. The molecule has 1 fully saturated rings. The van der Waals surface area contributed by atoms with Crippen molar-refractivity contribution in [1.29, 1.82) is 0 Å². The first kappa shape index (κ1) is 20.3. The fourth-order valence-corrected chi connectivity index (χ4v) is 2.14. The third-order valence-electron chi connectivity index (χ3n) is 3.16. The van der Waals surface area contributed by atoms with Crippen LogP contribution in [0.4, 0.5) is 10.5 Å². The highest BCUT2D eigenvalue weighted by Gasteiger charge is 2.30. The maximum absolute atomic E-state index is 12.0. The summed E-state index contributed by atoms with van der Waals surface area (Å²) in [6, 6.07) is 6.78. The van der Waals surface area contributed by atoms with Crippen LogP contribution in [0.3, 0.4) is 0 Å². The van der Waals surface area contributed by atoms with Crippen molar-refractivity contribution in [1.82, 2.24) is 4.90 Å². The number of para-hydroxylation sites is 1. The lowest BCUT2D eigenvalue weighted by Gasteiger charge is -2.20. The molecule has 27 heavy (non-hydrogen) atoms. The second-order valence-corrected chi connectivity index (χ2v) is 6.93. The molecule has 0 unspecified atom stereocenters. The minimum atomic E-state index is -1.31. The predicted molar refractivity (Wildman–Crippen MR) is 98.6 cm³/mol. The van der Waals surface area contributed by atoms with E-state index in [1.807, 2.05) is 0 Å². The lowest BCUT2D eigenvalue weighted by atomic mass is 9.90. The Labute approximate surface area is 158 Å². The number of nitrogens with one attached hydrogen (secondary N) is 1. The molecule has 9 heteroatoms. The van der Waals surface area contributed by atoms with Gasteiger partial charge in [0, 0.05) is 5.56 Å². The van der Waals surface area contributed by atoms with Gasteiger partial charge in [-0.05, 0) is 45.8 Å². The number of likely N-dealkylation sites (N-methyl/N-ethyl adjacent to an activating group) is 1. The molecule has 0 aromatic heterocycles. The molecule has 0 aliphatic carbocycles. The van der Waals surface area contributed by atoms with Crippen LogP contribution < -0.4 is 5.32 Å². The lowest BCUT2D eigenvalue weighted by Crippen LogP contribution is -2.42. The number of carbonyl (C=O) groups excluding carboxylic acids is 3. The Hall–Kier alpha value is -2.99. The first-order valence-corrected chi connectivity index (χ1v) is 8.30. The topological polar surface area (TPSA) is 94.2 Å². The van der Waals surface area contributed by atoms with Crippen molar-refractivity contribution < 1.29 is 28.4 Å². The Morgan fingerprint density at radius 2 is 1.78 bits per heavy atom. The maximum atomic E-state index is 12.0. The average molecular weight is 372 g/mol. The van der Waals surface area contributed by atoms with Crippen LogP contribution in [-0.2, 0) is 23.6 Å². The molecule has 142 valence electrons. The van der Waals surface area contributed by atoms with Gasteiger partial charge in [-0.15, -0.1) is 0 Å². The number of carbonyl (C=O) groups is 3. The SMILES string of the molecule is CN1CC(=O)OB(C#Cc2ccccc2NC(=O)OC(C)(C)C)OC(=O)C1. The number of rotatable bonds is 1. The molecule has 1 N–H and O–H groups in total. The minimum Gasteiger partial charge on any atom is -0.487 e. The van der Waals surface area contributed by atoms with Gasteiger partial charge in [-0.25, -0.2) is 4.79 Å². The summed E-state index contributed by atoms with van der Waals surface area (Å²) in [5.41, 5.74) is 0.233. The molecule has 2 rings (SSSR count). The van der Waals surface area contributed by atoms with Crippen molar-refractivity contribution in [2.75, 3.05) is 25.5 Å². The molecule has 1 aliphatic heterocycles. The quantitative estimate of drug-likeness (QED) is 0.589. The molecule has 1 aliphatic rings. The van der Waals surface area contributed by atoms with Gasteiger partial charge in [0.25, 0.3) is 0 Å². The summed E-state index contributed by atoms with van der Waals surface area (Å²) < 4.78 is 15.3. The fourth-order valence-electron chi connectivity index (χ4n) is 2.14. The molecule has 0 bridgehead atoms. The normalized spacial score (nSPS) is 15.5. The first-order valence-electron chi connectivity index (χ1n) is 8.30. The molecular formula is C18H21BN2O6. The van der Waals surface area contributed by atoms with E-state index in [9.17, 15) is 14.4 Å². The van der Waals surface area contributed by atoms with Crippen LogP contribution in [0.1, 0.15) is 26.3 Å². The molecule has 0 atom stereocenters. The number of benzene rings is 1. The highest BCUT2D eigenvalue weighted by molar-refractivity contribution is 6.58. The molecular weight excluding hydrogens is 351 g/mol. The number of ether oxygens (including phenoxy) is 1. The third-order valence-corrected chi connectivity index (χ3v) is 3.16. The van der Waals surface area contributed by atoms with Crippen molar-refractivity contribution in [3.05, 3.63) is 29.8 Å². The van der Waals surface area contributed by atoms with E-state index in [2.05, 4.69) is 17.1 Å². The van der Waals surface area contributed by atoms with Crippen molar-refractivity contribution in [3.63, 3.8) is 0 Å². The molecule has 0 spiro atoms. The molecule has 1 amide bonds. The van der Waals surface area contributed by atoms with Gasteiger partial charge in [0.2, 0.25) is 0 Å². The Kier molecular flexibility index (Phi) is 6.47. The molecule has 1 aromatic carbocycles. The Bertz CT molecular complexity index is 773. The van der Waals surface area contributed by atoms with Gasteiger partial charge in [-0.3, -0.25) is 19.8 Å². The van der Waals surface area contributed by atoms with Crippen LogP contribution in [-0.4, -0.2) is 55.8 Å². The summed E-state index contributed by atoms with van der Waals surface area (Å²) in [7, 11) is 0.293. The highest BCUT2D eigenvalue weighted by Crippen LogP contribution is 2.16.